The molecule has 2 atom stereocenters. The van der Waals surface area contributed by atoms with Gasteiger partial charge >= 0.3 is 0 Å². The molecule has 1 aliphatic rings. The lowest BCUT2D eigenvalue weighted by Gasteiger charge is -2.31. The molecular weight excluding hydrogens is 220 g/mol. The third-order valence-electron chi connectivity index (χ3n) is 4.06. The third kappa shape index (κ3) is 3.34. The summed E-state index contributed by atoms with van der Waals surface area (Å²) in [7, 11) is 0. The van der Waals surface area contributed by atoms with Crippen molar-refractivity contribution >= 4 is 0 Å². The van der Waals surface area contributed by atoms with Crippen LogP contribution in [0.3, 0.4) is 0 Å². The predicted octanol–water partition coefficient (Wildman–Crippen LogP) is 3.62. The van der Waals surface area contributed by atoms with Gasteiger partial charge in [-0.05, 0) is 36.5 Å². The number of hydrogen-bond donors (Lipinski definition) is 1. The lowest BCUT2D eigenvalue weighted by molar-refractivity contribution is 0.254. The molecule has 0 saturated heterocycles. The highest BCUT2D eigenvalue weighted by Crippen LogP contribution is 2.27. The average molecular weight is 242 g/mol. The summed E-state index contributed by atoms with van der Waals surface area (Å²) in [6.07, 6.45) is 6.69. The summed E-state index contributed by atoms with van der Waals surface area (Å²) in [5.41, 5.74) is 1.97. The molecule has 2 nitrogen and oxygen atoms in total. The molecule has 1 aromatic carbocycles. The van der Waals surface area contributed by atoms with E-state index in [4.69, 9.17) is 5.26 Å². The maximum absolute atomic E-state index is 8.89. The minimum absolute atomic E-state index is 0.662. The van der Waals surface area contributed by atoms with Crippen LogP contribution in [0.4, 0.5) is 0 Å². The Morgan fingerprint density at radius 3 is 2.94 bits per heavy atom. The summed E-state index contributed by atoms with van der Waals surface area (Å²) in [4.78, 5) is 0. The van der Waals surface area contributed by atoms with Gasteiger partial charge < -0.3 is 5.32 Å². The molecule has 0 aromatic heterocycles. The number of hydrogen-bond acceptors (Lipinski definition) is 2. The fraction of sp³-hybridized carbons (Fsp3) is 0.562. The van der Waals surface area contributed by atoms with Crippen molar-refractivity contribution in [2.24, 2.45) is 5.92 Å². The minimum Gasteiger partial charge on any atom is -0.310 e. The van der Waals surface area contributed by atoms with Crippen molar-refractivity contribution in [3.63, 3.8) is 0 Å². The Morgan fingerprint density at radius 2 is 2.17 bits per heavy atom. The van der Waals surface area contributed by atoms with Crippen molar-refractivity contribution in [2.75, 3.05) is 0 Å². The zero-order valence-corrected chi connectivity index (χ0v) is 11.2. The van der Waals surface area contributed by atoms with Crippen LogP contribution < -0.4 is 5.32 Å². The first-order chi connectivity index (χ1) is 8.83. The number of nitriles is 1. The van der Waals surface area contributed by atoms with E-state index in [0.29, 0.717) is 6.04 Å². The molecule has 1 N–H and O–H groups in total. The van der Waals surface area contributed by atoms with Gasteiger partial charge in [0.2, 0.25) is 0 Å². The van der Waals surface area contributed by atoms with Gasteiger partial charge in [0.25, 0.3) is 0 Å². The normalized spacial score (nSPS) is 23.6. The van der Waals surface area contributed by atoms with Gasteiger partial charge in [-0.1, -0.05) is 38.3 Å². The summed E-state index contributed by atoms with van der Waals surface area (Å²) >= 11 is 0. The Hall–Kier alpha value is -1.33. The van der Waals surface area contributed by atoms with Crippen LogP contribution in [0.1, 0.15) is 50.2 Å². The van der Waals surface area contributed by atoms with Gasteiger partial charge in [0.1, 0.15) is 0 Å². The summed E-state index contributed by atoms with van der Waals surface area (Å²) < 4.78 is 0. The summed E-state index contributed by atoms with van der Waals surface area (Å²) in [6.45, 7) is 3.18. The van der Waals surface area contributed by atoms with Gasteiger partial charge in [-0.25, -0.2) is 0 Å². The Labute approximate surface area is 110 Å². The first kappa shape index (κ1) is 13.1. The molecule has 0 amide bonds. The van der Waals surface area contributed by atoms with Crippen LogP contribution in [0.5, 0.6) is 0 Å². The van der Waals surface area contributed by atoms with Crippen LogP contribution in [-0.2, 0) is 6.54 Å². The molecule has 0 radical (unpaired) electrons. The van der Waals surface area contributed by atoms with E-state index in [0.717, 1.165) is 18.0 Å². The number of benzene rings is 1. The van der Waals surface area contributed by atoms with Crippen LogP contribution in [0.2, 0.25) is 0 Å². The van der Waals surface area contributed by atoms with Gasteiger partial charge in [-0.15, -0.1) is 0 Å². The van der Waals surface area contributed by atoms with E-state index in [9.17, 15) is 0 Å². The topological polar surface area (TPSA) is 35.8 Å². The highest BCUT2D eigenvalue weighted by atomic mass is 14.9. The van der Waals surface area contributed by atoms with Crippen molar-refractivity contribution in [2.45, 2.75) is 51.6 Å². The molecule has 1 aliphatic carbocycles. The van der Waals surface area contributed by atoms with Crippen molar-refractivity contribution in [1.29, 1.82) is 5.26 Å². The van der Waals surface area contributed by atoms with Crippen molar-refractivity contribution in [1.82, 2.24) is 5.32 Å². The van der Waals surface area contributed by atoms with Gasteiger partial charge in [-0.3, -0.25) is 0 Å². The quantitative estimate of drug-likeness (QED) is 0.875. The van der Waals surface area contributed by atoms with E-state index in [1.807, 2.05) is 18.2 Å². The monoisotopic (exact) mass is 242 g/mol. The lowest BCUT2D eigenvalue weighted by Crippen LogP contribution is -2.37. The third-order valence-corrected chi connectivity index (χ3v) is 4.06. The van der Waals surface area contributed by atoms with E-state index >= 15 is 0 Å². The van der Waals surface area contributed by atoms with Crippen LogP contribution in [-0.4, -0.2) is 6.04 Å². The molecule has 2 rings (SSSR count). The highest BCUT2D eigenvalue weighted by molar-refractivity contribution is 5.32. The average Bonchev–Trinajstić information content (AvgIpc) is 2.45. The van der Waals surface area contributed by atoms with Crippen molar-refractivity contribution < 1.29 is 0 Å². The molecule has 96 valence electrons. The first-order valence-electron chi connectivity index (χ1n) is 7.06. The Balaban J connectivity index is 1.91. The number of nitrogens with one attached hydrogen (secondary N) is 1. The molecule has 0 spiro atoms. The zero-order chi connectivity index (χ0) is 12.8. The second-order valence-corrected chi connectivity index (χ2v) is 5.25. The largest absolute Gasteiger partial charge is 0.310 e. The van der Waals surface area contributed by atoms with Gasteiger partial charge in [0.15, 0.2) is 0 Å². The van der Waals surface area contributed by atoms with Crippen LogP contribution in [0.25, 0.3) is 0 Å². The Morgan fingerprint density at radius 1 is 1.33 bits per heavy atom. The second-order valence-electron chi connectivity index (χ2n) is 5.25. The summed E-state index contributed by atoms with van der Waals surface area (Å²) in [5, 5.41) is 12.6. The van der Waals surface area contributed by atoms with Gasteiger partial charge in [0, 0.05) is 12.6 Å². The van der Waals surface area contributed by atoms with E-state index < -0.39 is 0 Å². The maximum Gasteiger partial charge on any atom is 0.0991 e. The molecule has 1 fully saturated rings. The van der Waals surface area contributed by atoms with Gasteiger partial charge in [0.05, 0.1) is 11.6 Å². The smallest absolute Gasteiger partial charge is 0.0991 e. The van der Waals surface area contributed by atoms with Crippen LogP contribution in [0.15, 0.2) is 24.3 Å². The SMILES string of the molecule is CCC1CCCCC1NCc1cccc(C#N)c1. The highest BCUT2D eigenvalue weighted by Gasteiger charge is 2.22. The van der Waals surface area contributed by atoms with Crippen LogP contribution >= 0.6 is 0 Å². The van der Waals surface area contributed by atoms with Crippen molar-refractivity contribution in [3.05, 3.63) is 35.4 Å². The standard InChI is InChI=1S/C16H22N2/c1-2-15-8-3-4-9-16(15)18-12-14-7-5-6-13(10-14)11-17/h5-7,10,15-16,18H,2-4,8-9,12H2,1H3. The summed E-state index contributed by atoms with van der Waals surface area (Å²) in [5.74, 6) is 0.831. The Kier molecular flexibility index (Phi) is 4.78. The molecule has 0 heterocycles. The molecule has 2 unspecified atom stereocenters. The molecule has 2 heteroatoms. The van der Waals surface area contributed by atoms with E-state index in [-0.39, 0.29) is 0 Å². The zero-order valence-electron chi connectivity index (χ0n) is 11.2. The van der Waals surface area contributed by atoms with E-state index in [1.54, 1.807) is 0 Å². The molecule has 18 heavy (non-hydrogen) atoms. The lowest BCUT2D eigenvalue weighted by atomic mass is 9.83. The van der Waals surface area contributed by atoms with Gasteiger partial charge in [-0.2, -0.15) is 5.26 Å². The predicted molar refractivity (Wildman–Crippen MR) is 74.0 cm³/mol. The fourth-order valence-corrected chi connectivity index (χ4v) is 2.96. The van der Waals surface area contributed by atoms with E-state index in [2.05, 4.69) is 24.4 Å². The Bertz CT molecular complexity index is 419. The van der Waals surface area contributed by atoms with E-state index in [1.165, 1.54) is 37.7 Å². The molecule has 1 saturated carbocycles. The number of rotatable bonds is 4. The second kappa shape index (κ2) is 6.56. The van der Waals surface area contributed by atoms with Crippen molar-refractivity contribution in [3.8, 4) is 6.07 Å². The fourth-order valence-electron chi connectivity index (χ4n) is 2.96. The first-order valence-corrected chi connectivity index (χ1v) is 7.06. The number of nitrogens with zero attached hydrogens (tertiary/aromatic N) is 1. The summed E-state index contributed by atoms with van der Waals surface area (Å²) in [6, 6.07) is 10.8. The molecule has 0 aliphatic heterocycles. The minimum atomic E-state index is 0.662. The van der Waals surface area contributed by atoms with Crippen LogP contribution in [0, 0.1) is 17.2 Å². The maximum atomic E-state index is 8.89. The molecule has 0 bridgehead atoms. The molecule has 1 aromatic rings. The molecular formula is C16H22N2.